The number of methoxy groups -OCH3 is 1. The third-order valence-electron chi connectivity index (χ3n) is 5.18. The lowest BCUT2D eigenvalue weighted by atomic mass is 9.85. The number of benzene rings is 2. The summed E-state index contributed by atoms with van der Waals surface area (Å²) in [5.74, 6) is -0.202. The van der Waals surface area contributed by atoms with Gasteiger partial charge >= 0.3 is 0 Å². The number of fused-ring (bicyclic) bond motifs is 1. The predicted octanol–water partition coefficient (Wildman–Crippen LogP) is 5.85. The fourth-order valence-corrected chi connectivity index (χ4v) is 4.07. The van der Waals surface area contributed by atoms with Crippen molar-refractivity contribution in [2.24, 2.45) is 0 Å². The molecule has 5 heteroatoms. The fourth-order valence-electron chi connectivity index (χ4n) is 3.80. The summed E-state index contributed by atoms with van der Waals surface area (Å²) in [6, 6.07) is 11.0. The maximum Gasteiger partial charge on any atom is 0.156 e. The Balaban J connectivity index is 1.84. The third-order valence-corrected chi connectivity index (χ3v) is 5.55. The minimum Gasteiger partial charge on any atom is -0.485 e. The Morgan fingerprint density at radius 2 is 1.96 bits per heavy atom. The second-order valence-electron chi connectivity index (χ2n) is 6.80. The molecular formula is C22H19ClF2O2. The third kappa shape index (κ3) is 3.07. The van der Waals surface area contributed by atoms with Gasteiger partial charge in [-0.25, -0.2) is 8.78 Å². The van der Waals surface area contributed by atoms with Crippen LogP contribution in [0.5, 0.6) is 5.75 Å². The van der Waals surface area contributed by atoms with Gasteiger partial charge in [-0.1, -0.05) is 54.1 Å². The molecule has 3 unspecified atom stereocenters. The number of alkyl halides is 1. The van der Waals surface area contributed by atoms with Crippen molar-refractivity contribution >= 4 is 17.2 Å². The Morgan fingerprint density at radius 1 is 1.22 bits per heavy atom. The summed E-state index contributed by atoms with van der Waals surface area (Å²) in [4.78, 5) is 0. The first-order valence-electron chi connectivity index (χ1n) is 8.80. The van der Waals surface area contributed by atoms with E-state index in [1.807, 2.05) is 30.3 Å². The van der Waals surface area contributed by atoms with E-state index >= 15 is 4.39 Å². The molecule has 2 aliphatic rings. The van der Waals surface area contributed by atoms with Gasteiger partial charge < -0.3 is 9.47 Å². The molecule has 0 saturated carbocycles. The van der Waals surface area contributed by atoms with Crippen LogP contribution in [0.1, 0.15) is 29.7 Å². The number of hydrogen-bond donors (Lipinski definition) is 0. The average Bonchev–Trinajstić information content (AvgIpc) is 3.09. The zero-order valence-electron chi connectivity index (χ0n) is 15.0. The first kappa shape index (κ1) is 18.2. The highest BCUT2D eigenvalue weighted by Gasteiger charge is 2.36. The number of allylic oxidation sites excluding steroid dienone is 2. The first-order valence-corrected chi connectivity index (χ1v) is 9.17. The lowest BCUT2D eigenvalue weighted by Crippen LogP contribution is -2.27. The molecule has 0 spiro atoms. The maximum atomic E-state index is 15.2. The minimum atomic E-state index is -1.43. The number of halogens is 3. The van der Waals surface area contributed by atoms with E-state index in [-0.39, 0.29) is 11.1 Å². The standard InChI is InChI=1S/C22H19ClF2O2/c1-12-8-9-16(26-2)22(25)19(12)20-14-10-17(13-6-4-3-5-7-13)27-18(14)11-15(24)21(20)23/h3-9,11,16-17,22H,10H2,1-2H3. The molecule has 0 N–H and O–H groups in total. The molecule has 4 rings (SSSR count). The van der Waals surface area contributed by atoms with Crippen LogP contribution in [-0.2, 0) is 11.2 Å². The maximum absolute atomic E-state index is 15.2. The Labute approximate surface area is 162 Å². The monoisotopic (exact) mass is 388 g/mol. The van der Waals surface area contributed by atoms with Crippen LogP contribution in [0.2, 0.25) is 5.02 Å². The molecule has 2 nitrogen and oxygen atoms in total. The first-order chi connectivity index (χ1) is 13.0. The smallest absolute Gasteiger partial charge is 0.156 e. The molecule has 140 valence electrons. The van der Waals surface area contributed by atoms with Gasteiger partial charge in [-0.05, 0) is 18.1 Å². The van der Waals surface area contributed by atoms with Gasteiger partial charge in [0.2, 0.25) is 0 Å². The zero-order chi connectivity index (χ0) is 19.1. The highest BCUT2D eigenvalue weighted by molar-refractivity contribution is 6.33. The van der Waals surface area contributed by atoms with Crippen molar-refractivity contribution in [3.05, 3.63) is 81.7 Å². The van der Waals surface area contributed by atoms with Gasteiger partial charge in [0.05, 0.1) is 5.02 Å². The van der Waals surface area contributed by atoms with E-state index < -0.39 is 18.1 Å². The Hall–Kier alpha value is -2.17. The predicted molar refractivity (Wildman–Crippen MR) is 102 cm³/mol. The molecule has 27 heavy (non-hydrogen) atoms. The van der Waals surface area contributed by atoms with Crippen LogP contribution in [0.3, 0.4) is 0 Å². The molecule has 0 amide bonds. The summed E-state index contributed by atoms with van der Waals surface area (Å²) < 4.78 is 40.9. The second kappa shape index (κ2) is 7.10. The summed E-state index contributed by atoms with van der Waals surface area (Å²) in [5, 5.41) is -0.0757. The van der Waals surface area contributed by atoms with Gasteiger partial charge in [-0.2, -0.15) is 0 Å². The van der Waals surface area contributed by atoms with Crippen molar-refractivity contribution in [1.82, 2.24) is 0 Å². The molecule has 1 aliphatic heterocycles. The number of hydrogen-bond acceptors (Lipinski definition) is 2. The van der Waals surface area contributed by atoms with Gasteiger partial charge in [0.1, 0.15) is 23.8 Å². The highest BCUT2D eigenvalue weighted by atomic mass is 35.5. The van der Waals surface area contributed by atoms with Gasteiger partial charge in [0, 0.05) is 36.3 Å². The topological polar surface area (TPSA) is 18.5 Å². The average molecular weight is 389 g/mol. The van der Waals surface area contributed by atoms with E-state index in [1.54, 1.807) is 19.1 Å². The molecule has 2 aromatic rings. The molecule has 1 aliphatic carbocycles. The Kier molecular flexibility index (Phi) is 4.79. The van der Waals surface area contributed by atoms with E-state index in [9.17, 15) is 4.39 Å². The summed E-state index contributed by atoms with van der Waals surface area (Å²) in [6.45, 7) is 1.79. The van der Waals surface area contributed by atoms with Gasteiger partial charge in [0.15, 0.2) is 6.17 Å². The van der Waals surface area contributed by atoms with E-state index in [0.29, 0.717) is 28.9 Å². The van der Waals surface area contributed by atoms with Crippen molar-refractivity contribution < 1.29 is 18.3 Å². The van der Waals surface area contributed by atoms with Crippen LogP contribution < -0.4 is 4.74 Å². The van der Waals surface area contributed by atoms with Crippen molar-refractivity contribution in [2.75, 3.05) is 7.11 Å². The molecule has 1 heterocycles. The number of ether oxygens (including phenoxy) is 2. The molecule has 0 radical (unpaired) electrons. The lowest BCUT2D eigenvalue weighted by molar-refractivity contribution is 0.0893. The molecule has 2 aromatic carbocycles. The molecule has 3 atom stereocenters. The minimum absolute atomic E-state index is 0.0757. The van der Waals surface area contributed by atoms with Crippen LogP contribution in [-0.4, -0.2) is 19.4 Å². The van der Waals surface area contributed by atoms with Gasteiger partial charge in [-0.15, -0.1) is 0 Å². The fraction of sp³-hybridized carbons (Fsp3) is 0.273. The van der Waals surface area contributed by atoms with Crippen LogP contribution >= 0.6 is 11.6 Å². The van der Waals surface area contributed by atoms with E-state index in [2.05, 4.69) is 0 Å². The normalized spacial score (nSPS) is 24.1. The molecule has 0 bridgehead atoms. The molecule has 0 saturated heterocycles. The zero-order valence-corrected chi connectivity index (χ0v) is 15.8. The van der Waals surface area contributed by atoms with Crippen molar-refractivity contribution in [3.8, 4) is 5.75 Å². The van der Waals surface area contributed by atoms with E-state index in [4.69, 9.17) is 21.1 Å². The van der Waals surface area contributed by atoms with Crippen LogP contribution in [0.4, 0.5) is 8.78 Å². The summed E-state index contributed by atoms with van der Waals surface area (Å²) >= 11 is 6.33. The van der Waals surface area contributed by atoms with E-state index in [1.165, 1.54) is 13.2 Å². The summed E-state index contributed by atoms with van der Waals surface area (Å²) in [7, 11) is 1.45. The van der Waals surface area contributed by atoms with Crippen molar-refractivity contribution in [1.29, 1.82) is 0 Å². The quantitative estimate of drug-likeness (QED) is 0.656. The summed E-state index contributed by atoms with van der Waals surface area (Å²) in [5.41, 5.74) is 3.17. The summed E-state index contributed by atoms with van der Waals surface area (Å²) in [6.07, 6.45) is 1.54. The van der Waals surface area contributed by atoms with Gasteiger partial charge in [-0.3, -0.25) is 0 Å². The Bertz CT molecular complexity index is 937. The largest absolute Gasteiger partial charge is 0.485 e. The Morgan fingerprint density at radius 3 is 2.67 bits per heavy atom. The molecule has 0 aromatic heterocycles. The molecule has 0 fully saturated rings. The van der Waals surface area contributed by atoms with Crippen LogP contribution in [0, 0.1) is 5.82 Å². The SMILES string of the molecule is COC1C=CC(C)=C(c2c(Cl)c(F)cc3c2CC(c2ccccc2)O3)C1F. The van der Waals surface area contributed by atoms with Crippen LogP contribution in [0.15, 0.2) is 54.1 Å². The van der Waals surface area contributed by atoms with Crippen LogP contribution in [0.25, 0.3) is 5.57 Å². The van der Waals surface area contributed by atoms with Crippen molar-refractivity contribution in [2.45, 2.75) is 31.7 Å². The lowest BCUT2D eigenvalue weighted by Gasteiger charge is -2.26. The van der Waals surface area contributed by atoms with E-state index in [0.717, 1.165) is 11.1 Å². The number of rotatable bonds is 3. The highest BCUT2D eigenvalue weighted by Crippen LogP contribution is 2.47. The molecular weight excluding hydrogens is 370 g/mol. The second-order valence-corrected chi connectivity index (χ2v) is 7.18. The van der Waals surface area contributed by atoms with Gasteiger partial charge in [0.25, 0.3) is 0 Å². The van der Waals surface area contributed by atoms with Crippen molar-refractivity contribution in [3.63, 3.8) is 0 Å².